The van der Waals surface area contributed by atoms with Crippen LogP contribution in [0.2, 0.25) is 0 Å². The van der Waals surface area contributed by atoms with Crippen LogP contribution in [0.4, 0.5) is 0 Å². The summed E-state index contributed by atoms with van der Waals surface area (Å²) in [5.41, 5.74) is 0. The third-order valence-electron chi connectivity index (χ3n) is 2.54. The van der Waals surface area contributed by atoms with Gasteiger partial charge in [0.2, 0.25) is 0 Å². The molecule has 1 fully saturated rings. The molecule has 0 aliphatic carbocycles. The Bertz CT molecular complexity index is 270. The molecule has 1 aliphatic heterocycles. The molecular weight excluding hydrogens is 166 g/mol. The lowest BCUT2D eigenvalue weighted by Gasteiger charge is -2.07. The average molecular weight is 182 g/mol. The van der Waals surface area contributed by atoms with Crippen LogP contribution in [0, 0.1) is 6.92 Å². The van der Waals surface area contributed by atoms with Gasteiger partial charge >= 0.3 is 11.7 Å². The minimum absolute atomic E-state index is 0.835. The van der Waals surface area contributed by atoms with E-state index in [0.29, 0.717) is 0 Å². The van der Waals surface area contributed by atoms with Crippen molar-refractivity contribution < 1.29 is 9.26 Å². The van der Waals surface area contributed by atoms with Crippen LogP contribution < -0.4 is 4.74 Å². The van der Waals surface area contributed by atoms with Crippen molar-refractivity contribution in [2.45, 2.75) is 26.3 Å². The summed E-state index contributed by atoms with van der Waals surface area (Å²) in [7, 11) is 1.88. The fourth-order valence-corrected chi connectivity index (χ4v) is 1.69. The number of hydrogen-bond acceptors (Lipinski definition) is 3. The molecule has 0 spiro atoms. The summed E-state index contributed by atoms with van der Waals surface area (Å²) in [6.45, 7) is 5.19. The van der Waals surface area contributed by atoms with Crippen molar-refractivity contribution >= 4 is 0 Å². The molecule has 4 heteroatoms. The third-order valence-corrected chi connectivity index (χ3v) is 2.54. The van der Waals surface area contributed by atoms with Crippen LogP contribution in [-0.2, 0) is 13.6 Å². The van der Waals surface area contributed by atoms with Gasteiger partial charge in [0.05, 0.1) is 0 Å². The van der Waals surface area contributed by atoms with Gasteiger partial charge in [0.25, 0.3) is 0 Å². The smallest absolute Gasteiger partial charge is 0.292 e. The van der Waals surface area contributed by atoms with E-state index >= 15 is 0 Å². The molecule has 0 radical (unpaired) electrons. The summed E-state index contributed by atoms with van der Waals surface area (Å²) in [5, 5.41) is 0. The van der Waals surface area contributed by atoms with Gasteiger partial charge in [-0.15, -0.1) is 0 Å². The second kappa shape index (κ2) is 3.46. The van der Waals surface area contributed by atoms with E-state index in [0.717, 1.165) is 18.3 Å². The summed E-state index contributed by atoms with van der Waals surface area (Å²) in [4.78, 5) is 6.71. The first-order valence-electron chi connectivity index (χ1n) is 4.81. The monoisotopic (exact) mass is 182 g/mol. The van der Waals surface area contributed by atoms with Crippen molar-refractivity contribution in [2.75, 3.05) is 13.1 Å². The molecule has 0 bridgehead atoms. The normalized spacial score (nSPS) is 18.3. The minimum Gasteiger partial charge on any atom is -0.292 e. The second-order valence-corrected chi connectivity index (χ2v) is 3.62. The molecule has 4 nitrogen and oxygen atoms in total. The summed E-state index contributed by atoms with van der Waals surface area (Å²) in [6, 6.07) is 0. The Hall–Kier alpha value is -0.900. The maximum absolute atomic E-state index is 5.44. The number of nitrogens with zero attached hydrogens (tertiary/aromatic N) is 3. The number of likely N-dealkylation sites (tertiary alicyclic amines) is 1. The molecule has 0 unspecified atom stereocenters. The molecule has 13 heavy (non-hydrogen) atoms. The van der Waals surface area contributed by atoms with Crippen LogP contribution in [0.5, 0.6) is 0 Å². The summed E-state index contributed by atoms with van der Waals surface area (Å²) in [5.74, 6) is 1.77. The van der Waals surface area contributed by atoms with Crippen LogP contribution in [0.15, 0.2) is 4.52 Å². The zero-order chi connectivity index (χ0) is 9.26. The molecule has 72 valence electrons. The minimum atomic E-state index is 0.835. The molecule has 2 heterocycles. The number of hydrogen-bond donors (Lipinski definition) is 0. The van der Waals surface area contributed by atoms with Crippen molar-refractivity contribution in [1.82, 2.24) is 9.88 Å². The maximum atomic E-state index is 5.44. The number of aryl methyl sites for hydroxylation is 2. The zero-order valence-electron chi connectivity index (χ0n) is 8.29. The zero-order valence-corrected chi connectivity index (χ0v) is 8.29. The molecule has 0 atom stereocenters. The van der Waals surface area contributed by atoms with Crippen LogP contribution in [-0.4, -0.2) is 23.0 Å². The second-order valence-electron chi connectivity index (χ2n) is 3.62. The fraction of sp³-hybridized carbons (Fsp3) is 0.778. The average Bonchev–Trinajstić information content (AvgIpc) is 2.64. The van der Waals surface area contributed by atoms with E-state index in [-0.39, 0.29) is 0 Å². The predicted octanol–water partition coefficient (Wildman–Crippen LogP) is 0.403. The Morgan fingerprint density at radius 1 is 1.46 bits per heavy atom. The predicted molar refractivity (Wildman–Crippen MR) is 46.9 cm³/mol. The lowest BCUT2D eigenvalue weighted by Crippen LogP contribution is -2.28. The van der Waals surface area contributed by atoms with E-state index in [9.17, 15) is 0 Å². The molecule has 1 saturated heterocycles. The highest BCUT2D eigenvalue weighted by Gasteiger charge is 2.20. The lowest BCUT2D eigenvalue weighted by atomic mass is 10.4. The summed E-state index contributed by atoms with van der Waals surface area (Å²) < 4.78 is 7.15. The van der Waals surface area contributed by atoms with Crippen LogP contribution in [0.25, 0.3) is 0 Å². The van der Waals surface area contributed by atoms with E-state index in [1.807, 2.05) is 14.0 Å². The fourth-order valence-electron chi connectivity index (χ4n) is 1.69. The Balaban J connectivity index is 2.00. The van der Waals surface area contributed by atoms with Crippen molar-refractivity contribution in [3.05, 3.63) is 11.7 Å². The highest BCUT2D eigenvalue weighted by Crippen LogP contribution is 2.10. The van der Waals surface area contributed by atoms with Crippen molar-refractivity contribution in [2.24, 2.45) is 7.05 Å². The van der Waals surface area contributed by atoms with Gasteiger partial charge in [0, 0.05) is 6.92 Å². The van der Waals surface area contributed by atoms with Crippen LogP contribution in [0.3, 0.4) is 0 Å². The highest BCUT2D eigenvalue weighted by molar-refractivity contribution is 4.80. The summed E-state index contributed by atoms with van der Waals surface area (Å²) in [6.07, 6.45) is 2.62. The molecule has 0 N–H and O–H groups in total. The van der Waals surface area contributed by atoms with Crippen molar-refractivity contribution in [3.63, 3.8) is 0 Å². The lowest BCUT2D eigenvalue weighted by molar-refractivity contribution is -0.851. The van der Waals surface area contributed by atoms with Crippen LogP contribution in [0.1, 0.15) is 24.6 Å². The van der Waals surface area contributed by atoms with E-state index in [4.69, 9.17) is 4.52 Å². The molecule has 2 rings (SSSR count). The first kappa shape index (κ1) is 8.69. The molecule has 0 amide bonds. The van der Waals surface area contributed by atoms with Gasteiger partial charge in [-0.25, -0.2) is 0 Å². The molecule has 1 aromatic heterocycles. The molecule has 0 aromatic carbocycles. The standard InChI is InChI=1S/C9H16N3O/c1-8-10-9(13-11(8)2)7-12-5-3-4-6-12/h3-7H2,1-2H3/q+1. The third kappa shape index (κ3) is 1.88. The SMILES string of the molecule is Cc1nc(CN2CCCC2)o[n+]1C. The quantitative estimate of drug-likeness (QED) is 0.621. The van der Waals surface area contributed by atoms with Crippen LogP contribution >= 0.6 is 0 Å². The van der Waals surface area contributed by atoms with Gasteiger partial charge in [-0.05, 0) is 30.9 Å². The Morgan fingerprint density at radius 2 is 2.15 bits per heavy atom. The Morgan fingerprint density at radius 3 is 2.69 bits per heavy atom. The van der Waals surface area contributed by atoms with E-state index < -0.39 is 0 Å². The first-order valence-corrected chi connectivity index (χ1v) is 4.81. The van der Waals surface area contributed by atoms with E-state index in [1.54, 1.807) is 4.74 Å². The molecule has 1 aromatic rings. The van der Waals surface area contributed by atoms with Gasteiger partial charge in [0.1, 0.15) is 13.6 Å². The molecular formula is C9H16N3O+. The van der Waals surface area contributed by atoms with E-state index in [2.05, 4.69) is 9.88 Å². The van der Waals surface area contributed by atoms with Crippen molar-refractivity contribution in [3.8, 4) is 0 Å². The Kier molecular flexibility index (Phi) is 2.31. The number of rotatable bonds is 2. The first-order chi connectivity index (χ1) is 6.25. The van der Waals surface area contributed by atoms with Crippen molar-refractivity contribution in [1.29, 1.82) is 0 Å². The van der Waals surface area contributed by atoms with Gasteiger partial charge in [-0.2, -0.15) is 0 Å². The topological polar surface area (TPSA) is 33.2 Å². The maximum Gasteiger partial charge on any atom is 0.367 e. The number of aromatic nitrogens is 2. The Labute approximate surface area is 78.1 Å². The summed E-state index contributed by atoms with van der Waals surface area (Å²) >= 11 is 0. The van der Waals surface area contributed by atoms with Gasteiger partial charge in [0.15, 0.2) is 0 Å². The molecule has 1 aliphatic rings. The van der Waals surface area contributed by atoms with Gasteiger partial charge < -0.3 is 0 Å². The molecule has 0 saturated carbocycles. The largest absolute Gasteiger partial charge is 0.367 e. The van der Waals surface area contributed by atoms with Gasteiger partial charge in [-0.1, -0.05) is 4.74 Å². The highest BCUT2D eigenvalue weighted by atomic mass is 16.5. The van der Waals surface area contributed by atoms with Gasteiger partial charge in [-0.3, -0.25) is 9.42 Å². The van der Waals surface area contributed by atoms with E-state index in [1.165, 1.54) is 25.9 Å².